The van der Waals surface area contributed by atoms with Crippen LogP contribution < -0.4 is 4.74 Å². The van der Waals surface area contributed by atoms with Crippen molar-refractivity contribution in [1.82, 2.24) is 0 Å². The summed E-state index contributed by atoms with van der Waals surface area (Å²) >= 11 is 0. The summed E-state index contributed by atoms with van der Waals surface area (Å²) in [4.78, 5) is 0. The molecular formula is C22H38O3. The van der Waals surface area contributed by atoms with Crippen LogP contribution in [0.5, 0.6) is 5.75 Å². The fourth-order valence-electron chi connectivity index (χ4n) is 2.19. The van der Waals surface area contributed by atoms with Crippen LogP contribution in [0.25, 0.3) is 0 Å². The quantitative estimate of drug-likeness (QED) is 0.492. The maximum Gasteiger partial charge on any atom is 0.119 e. The molecule has 0 unspecified atom stereocenters. The summed E-state index contributed by atoms with van der Waals surface area (Å²) in [5.41, 5.74) is 2.07. The van der Waals surface area contributed by atoms with Gasteiger partial charge in [0.2, 0.25) is 0 Å². The monoisotopic (exact) mass is 350 g/mol. The minimum atomic E-state index is 0.330. The zero-order valence-electron chi connectivity index (χ0n) is 17.2. The highest BCUT2D eigenvalue weighted by Crippen LogP contribution is 2.22. The van der Waals surface area contributed by atoms with Crippen molar-refractivity contribution >= 4 is 0 Å². The van der Waals surface area contributed by atoms with Crippen molar-refractivity contribution in [1.29, 1.82) is 0 Å². The van der Waals surface area contributed by atoms with Gasteiger partial charge in [-0.1, -0.05) is 53.7 Å². The van der Waals surface area contributed by atoms with E-state index in [1.54, 1.807) is 0 Å². The molecule has 144 valence electrons. The summed E-state index contributed by atoms with van der Waals surface area (Å²) in [5, 5.41) is 0. The Morgan fingerprint density at radius 2 is 1.16 bits per heavy atom. The van der Waals surface area contributed by atoms with Crippen LogP contribution in [0.1, 0.15) is 59.9 Å². The lowest BCUT2D eigenvalue weighted by Gasteiger charge is -2.17. The van der Waals surface area contributed by atoms with E-state index < -0.39 is 0 Å². The van der Waals surface area contributed by atoms with Gasteiger partial charge in [0.15, 0.2) is 0 Å². The van der Waals surface area contributed by atoms with E-state index in [0.29, 0.717) is 37.3 Å². The van der Waals surface area contributed by atoms with Gasteiger partial charge in [-0.25, -0.2) is 0 Å². The lowest BCUT2D eigenvalue weighted by atomic mass is 9.89. The fourth-order valence-corrected chi connectivity index (χ4v) is 2.19. The summed E-state index contributed by atoms with van der Waals surface area (Å²) in [7, 11) is 0. The van der Waals surface area contributed by atoms with E-state index in [2.05, 4.69) is 53.7 Å². The molecule has 0 heterocycles. The maximum absolute atomic E-state index is 5.71. The van der Waals surface area contributed by atoms with Crippen LogP contribution in [-0.2, 0) is 15.9 Å². The third-order valence-electron chi connectivity index (χ3n) is 3.95. The van der Waals surface area contributed by atoms with Crippen molar-refractivity contribution in [3.8, 4) is 5.75 Å². The van der Waals surface area contributed by atoms with Crippen LogP contribution in [-0.4, -0.2) is 33.0 Å². The molecule has 0 aliphatic carbocycles. The van der Waals surface area contributed by atoms with Crippen LogP contribution in [0.15, 0.2) is 24.3 Å². The molecule has 0 N–H and O–H groups in total. The Morgan fingerprint density at radius 3 is 1.72 bits per heavy atom. The third kappa shape index (κ3) is 12.9. The molecule has 0 bridgehead atoms. The Labute approximate surface area is 155 Å². The molecule has 0 aliphatic heterocycles. The summed E-state index contributed by atoms with van der Waals surface area (Å²) in [6, 6.07) is 8.41. The average Bonchev–Trinajstić information content (AvgIpc) is 2.50. The molecule has 0 saturated carbocycles. The molecule has 0 spiro atoms. The zero-order valence-corrected chi connectivity index (χ0v) is 17.2. The normalized spacial score (nSPS) is 12.4. The second-order valence-corrected chi connectivity index (χ2v) is 9.09. The first kappa shape index (κ1) is 22.0. The fraction of sp³-hybridized carbons (Fsp3) is 0.727. The van der Waals surface area contributed by atoms with Gasteiger partial charge in [0.05, 0.1) is 19.8 Å². The molecule has 1 aromatic carbocycles. The molecule has 0 aliphatic rings. The number of hydrogen-bond donors (Lipinski definition) is 0. The Bertz CT molecular complexity index is 452. The van der Waals surface area contributed by atoms with Gasteiger partial charge in [-0.05, 0) is 47.8 Å². The van der Waals surface area contributed by atoms with E-state index in [0.717, 1.165) is 25.2 Å². The van der Waals surface area contributed by atoms with E-state index in [-0.39, 0.29) is 0 Å². The molecule has 0 amide bonds. The lowest BCUT2D eigenvalue weighted by molar-refractivity contribution is 0.0292. The minimum absolute atomic E-state index is 0.330. The molecule has 1 rings (SSSR count). The van der Waals surface area contributed by atoms with Crippen LogP contribution in [0.2, 0.25) is 0 Å². The van der Waals surface area contributed by atoms with Gasteiger partial charge in [0, 0.05) is 6.61 Å². The van der Waals surface area contributed by atoms with Gasteiger partial charge < -0.3 is 14.2 Å². The predicted octanol–water partition coefficient (Wildman–Crippen LogP) is 5.51. The molecule has 3 heteroatoms. The van der Waals surface area contributed by atoms with Crippen LogP contribution in [0, 0.1) is 10.8 Å². The number of aryl methyl sites for hydroxylation is 1. The van der Waals surface area contributed by atoms with Crippen molar-refractivity contribution in [2.75, 3.05) is 33.0 Å². The topological polar surface area (TPSA) is 27.7 Å². The van der Waals surface area contributed by atoms with E-state index >= 15 is 0 Å². The minimum Gasteiger partial charge on any atom is -0.491 e. The van der Waals surface area contributed by atoms with Gasteiger partial charge in [0.25, 0.3) is 0 Å². The molecule has 0 atom stereocenters. The highest BCUT2D eigenvalue weighted by molar-refractivity contribution is 5.27. The Hall–Kier alpha value is -1.06. The number of benzene rings is 1. The first-order valence-electron chi connectivity index (χ1n) is 9.53. The van der Waals surface area contributed by atoms with Crippen molar-refractivity contribution in [2.24, 2.45) is 10.8 Å². The first-order valence-corrected chi connectivity index (χ1v) is 9.53. The van der Waals surface area contributed by atoms with Crippen molar-refractivity contribution in [3.05, 3.63) is 29.8 Å². The Balaban J connectivity index is 2.05. The molecular weight excluding hydrogens is 312 g/mol. The molecule has 1 aromatic rings. The number of rotatable bonds is 11. The highest BCUT2D eigenvalue weighted by Gasteiger charge is 2.10. The summed E-state index contributed by atoms with van der Waals surface area (Å²) in [6.45, 7) is 16.7. The second kappa shape index (κ2) is 10.8. The molecule has 0 fully saturated rings. The SMILES string of the molecule is CC(C)(C)CCOCCOCCOc1ccc(CCC(C)(C)C)cc1. The van der Waals surface area contributed by atoms with Gasteiger partial charge >= 0.3 is 0 Å². The largest absolute Gasteiger partial charge is 0.491 e. The number of hydrogen-bond acceptors (Lipinski definition) is 3. The standard InChI is InChI=1S/C22H38O3/c1-21(2,3)12-11-19-7-9-20(10-8-19)25-18-17-24-16-15-23-14-13-22(4,5)6/h7-10H,11-18H2,1-6H3. The molecule has 3 nitrogen and oxygen atoms in total. The third-order valence-corrected chi connectivity index (χ3v) is 3.95. The van der Waals surface area contributed by atoms with Crippen molar-refractivity contribution in [3.63, 3.8) is 0 Å². The summed E-state index contributed by atoms with van der Waals surface area (Å²) in [5.74, 6) is 0.907. The van der Waals surface area contributed by atoms with Crippen molar-refractivity contribution < 1.29 is 14.2 Å². The molecule has 25 heavy (non-hydrogen) atoms. The highest BCUT2D eigenvalue weighted by atomic mass is 16.5. The summed E-state index contributed by atoms with van der Waals surface area (Å²) in [6.07, 6.45) is 3.38. The summed E-state index contributed by atoms with van der Waals surface area (Å²) < 4.78 is 16.8. The van der Waals surface area contributed by atoms with E-state index in [4.69, 9.17) is 14.2 Å². The first-order chi connectivity index (χ1) is 11.7. The smallest absolute Gasteiger partial charge is 0.119 e. The van der Waals surface area contributed by atoms with Gasteiger partial charge in [-0.15, -0.1) is 0 Å². The van der Waals surface area contributed by atoms with E-state index in [1.165, 1.54) is 12.0 Å². The predicted molar refractivity (Wildman–Crippen MR) is 105 cm³/mol. The maximum atomic E-state index is 5.71. The van der Waals surface area contributed by atoms with E-state index in [9.17, 15) is 0 Å². The van der Waals surface area contributed by atoms with E-state index in [1.807, 2.05) is 12.1 Å². The number of ether oxygens (including phenoxy) is 3. The Kier molecular flexibility index (Phi) is 9.52. The van der Waals surface area contributed by atoms with Crippen LogP contribution in [0.3, 0.4) is 0 Å². The van der Waals surface area contributed by atoms with Gasteiger partial charge in [-0.3, -0.25) is 0 Å². The van der Waals surface area contributed by atoms with Gasteiger partial charge in [-0.2, -0.15) is 0 Å². The van der Waals surface area contributed by atoms with Crippen LogP contribution in [0.4, 0.5) is 0 Å². The molecule has 0 saturated heterocycles. The molecule has 0 radical (unpaired) electrons. The zero-order chi connectivity index (χ0) is 18.8. The van der Waals surface area contributed by atoms with Gasteiger partial charge in [0.1, 0.15) is 12.4 Å². The lowest BCUT2D eigenvalue weighted by Crippen LogP contribution is -2.13. The second-order valence-electron chi connectivity index (χ2n) is 9.09. The van der Waals surface area contributed by atoms with Crippen molar-refractivity contribution in [2.45, 2.75) is 60.8 Å². The Morgan fingerprint density at radius 1 is 0.640 bits per heavy atom. The van der Waals surface area contributed by atoms with Crippen LogP contribution >= 0.6 is 0 Å². The average molecular weight is 351 g/mol. The molecule has 0 aromatic heterocycles.